The van der Waals surface area contributed by atoms with Gasteiger partial charge in [0.1, 0.15) is 12.7 Å². The molecule has 12 rings (SSSR count). The number of para-hydroxylation sites is 4. The van der Waals surface area contributed by atoms with Gasteiger partial charge in [-0.3, -0.25) is 39.1 Å². The molecule has 0 aliphatic carbocycles. The Morgan fingerprint density at radius 3 is 1.66 bits per heavy atom. The van der Waals surface area contributed by atoms with Crippen LogP contribution in [0.5, 0.6) is 0 Å². The van der Waals surface area contributed by atoms with Gasteiger partial charge in [0.2, 0.25) is 0 Å². The van der Waals surface area contributed by atoms with Gasteiger partial charge in [-0.1, -0.05) is 78.9 Å². The molecule has 0 saturated carbocycles. The molecule has 0 aliphatic rings. The van der Waals surface area contributed by atoms with Crippen molar-refractivity contribution < 1.29 is 0 Å². The molecule has 352 valence electrons. The topological polar surface area (TPSA) is 129 Å². The van der Waals surface area contributed by atoms with Crippen molar-refractivity contribution in [2.75, 3.05) is 6.54 Å². The summed E-state index contributed by atoms with van der Waals surface area (Å²) in [5.41, 5.74) is 14.7. The van der Waals surface area contributed by atoms with E-state index in [9.17, 15) is 0 Å². The second kappa shape index (κ2) is 23.5. The second-order valence-corrected chi connectivity index (χ2v) is 16.5. The molecule has 0 N–H and O–H groups in total. The summed E-state index contributed by atoms with van der Waals surface area (Å²) in [4.78, 5) is 38.8. The molecule has 0 fully saturated rings. The number of fused-ring (bicyclic) bond motifs is 3. The Morgan fingerprint density at radius 1 is 0.411 bits per heavy atom. The number of pyridine rings is 3. The summed E-state index contributed by atoms with van der Waals surface area (Å²) in [6.07, 6.45) is 27.9. The zero-order chi connectivity index (χ0) is 49.3. The Balaban J connectivity index is 0.000000127. The van der Waals surface area contributed by atoms with E-state index in [0.29, 0.717) is 6.54 Å². The highest BCUT2D eigenvalue weighted by Crippen LogP contribution is 2.25. The Bertz CT molecular complexity index is 3760. The first-order valence-corrected chi connectivity index (χ1v) is 23.7. The van der Waals surface area contributed by atoms with Crippen LogP contribution in [0.2, 0.25) is 0 Å². The SMILES string of the molecule is C(=NC/C=C\Cn1ccnc1)c1ccc(-n2cnc3ccccc32)cc1.C(=Nc1ccc(-c2ccncc2)cc1)c1ccncc1.C(=Nc1cccc2ncccc12)c1ccc(-n2cnc3ccccc32)cc1. The van der Waals surface area contributed by atoms with E-state index in [1.54, 1.807) is 43.5 Å². The molecule has 6 aromatic carbocycles. The maximum Gasteiger partial charge on any atom is 0.100 e. The molecular weight excluding hydrogens is 901 g/mol. The van der Waals surface area contributed by atoms with E-state index in [2.05, 4.69) is 139 Å². The summed E-state index contributed by atoms with van der Waals surface area (Å²) in [7, 11) is 0. The van der Waals surface area contributed by atoms with Gasteiger partial charge in [-0.15, -0.1) is 0 Å². The highest BCUT2D eigenvalue weighted by atomic mass is 15.1. The van der Waals surface area contributed by atoms with Crippen molar-refractivity contribution in [2.45, 2.75) is 6.54 Å². The van der Waals surface area contributed by atoms with E-state index in [1.165, 1.54) is 0 Å². The van der Waals surface area contributed by atoms with Crippen LogP contribution < -0.4 is 0 Å². The molecule has 6 heterocycles. The number of aliphatic imine (C=N–C) groups is 3. The minimum atomic E-state index is 0.669. The van der Waals surface area contributed by atoms with Crippen molar-refractivity contribution >= 4 is 63.0 Å². The quantitative estimate of drug-likeness (QED) is 0.0886. The molecule has 73 heavy (non-hydrogen) atoms. The molecule has 0 unspecified atom stereocenters. The number of nitrogens with zero attached hydrogens (tertiary/aromatic N) is 12. The zero-order valence-corrected chi connectivity index (χ0v) is 39.7. The van der Waals surface area contributed by atoms with E-state index in [-0.39, 0.29) is 0 Å². The number of benzene rings is 6. The van der Waals surface area contributed by atoms with Crippen LogP contribution in [0.1, 0.15) is 16.7 Å². The van der Waals surface area contributed by atoms with Crippen LogP contribution in [0, 0.1) is 0 Å². The van der Waals surface area contributed by atoms with Gasteiger partial charge in [-0.2, -0.15) is 0 Å². The average Bonchev–Trinajstić information content (AvgIpc) is 4.26. The van der Waals surface area contributed by atoms with Crippen LogP contribution >= 0.6 is 0 Å². The van der Waals surface area contributed by atoms with Crippen LogP contribution in [0.4, 0.5) is 11.4 Å². The highest BCUT2D eigenvalue weighted by Gasteiger charge is 2.06. The number of hydrogen-bond donors (Lipinski definition) is 0. The molecular formula is C61H48N12. The molecule has 0 aliphatic heterocycles. The molecule has 0 saturated heterocycles. The van der Waals surface area contributed by atoms with Gasteiger partial charge in [0.25, 0.3) is 0 Å². The Morgan fingerprint density at radius 2 is 1.00 bits per heavy atom. The molecule has 0 bridgehead atoms. The smallest absolute Gasteiger partial charge is 0.100 e. The number of aromatic nitrogens is 9. The van der Waals surface area contributed by atoms with Gasteiger partial charge >= 0.3 is 0 Å². The molecule has 0 amide bonds. The van der Waals surface area contributed by atoms with Crippen molar-refractivity contribution in [3.8, 4) is 22.5 Å². The molecule has 0 spiro atoms. The molecule has 0 radical (unpaired) electrons. The largest absolute Gasteiger partial charge is 0.334 e. The first kappa shape index (κ1) is 46.6. The van der Waals surface area contributed by atoms with Crippen molar-refractivity contribution in [2.24, 2.45) is 15.0 Å². The van der Waals surface area contributed by atoms with Gasteiger partial charge in [0.15, 0.2) is 0 Å². The number of allylic oxidation sites excluding steroid dienone is 1. The van der Waals surface area contributed by atoms with E-state index in [0.717, 1.165) is 90.1 Å². The molecule has 6 aromatic heterocycles. The number of rotatable bonds is 12. The van der Waals surface area contributed by atoms with Crippen LogP contribution in [-0.2, 0) is 6.54 Å². The lowest BCUT2D eigenvalue weighted by Gasteiger charge is -2.05. The lowest BCUT2D eigenvalue weighted by molar-refractivity contribution is 0.818. The molecule has 12 aromatic rings. The Hall–Kier alpha value is -10.1. The summed E-state index contributed by atoms with van der Waals surface area (Å²) in [6, 6.07) is 58.8. The summed E-state index contributed by atoms with van der Waals surface area (Å²) in [6.45, 7) is 1.49. The van der Waals surface area contributed by atoms with Crippen molar-refractivity contribution in [3.05, 3.63) is 267 Å². The lowest BCUT2D eigenvalue weighted by Crippen LogP contribution is -1.92. The predicted molar refractivity (Wildman–Crippen MR) is 296 cm³/mol. The van der Waals surface area contributed by atoms with E-state index in [1.807, 2.05) is 145 Å². The first-order chi connectivity index (χ1) is 36.2. The standard InChI is InChI=1S/C23H16N4.C21H19N5.C17H13N3/c1-2-9-23-22(6-1)26-16-27(23)18-12-10-17(11-13-18)15-25-21-8-3-7-20-19(21)5-4-14-24-20;1-2-6-21-20(5-1)24-17-26(21)19-9-7-18(8-10-19)15-22-11-3-4-13-25-14-12-23-16-25;1-3-17(20-13-14-5-9-18-10-6-14)4-2-15(1)16-7-11-19-12-8-16/h1-16H;1-10,12,14-17H,11,13H2;1-13H/b;4-3-,22-15?;. The molecule has 12 heteroatoms. The molecule has 12 nitrogen and oxygen atoms in total. The summed E-state index contributed by atoms with van der Waals surface area (Å²) < 4.78 is 6.19. The van der Waals surface area contributed by atoms with E-state index < -0.39 is 0 Å². The third kappa shape index (κ3) is 12.2. The van der Waals surface area contributed by atoms with E-state index in [4.69, 9.17) is 0 Å². The fourth-order valence-corrected chi connectivity index (χ4v) is 7.88. The fraction of sp³-hybridized carbons (Fsp3) is 0.0328. The van der Waals surface area contributed by atoms with Gasteiger partial charge < -0.3 is 4.57 Å². The second-order valence-electron chi connectivity index (χ2n) is 16.5. The average molecular weight is 949 g/mol. The van der Waals surface area contributed by atoms with Gasteiger partial charge in [0.05, 0.1) is 51.8 Å². The Labute approximate surface area is 422 Å². The first-order valence-electron chi connectivity index (χ1n) is 23.7. The fourth-order valence-electron chi connectivity index (χ4n) is 7.88. The zero-order valence-electron chi connectivity index (χ0n) is 39.7. The van der Waals surface area contributed by atoms with Gasteiger partial charge in [-0.25, -0.2) is 15.0 Å². The van der Waals surface area contributed by atoms with Gasteiger partial charge in [-0.05, 0) is 137 Å². The highest BCUT2D eigenvalue weighted by molar-refractivity contribution is 5.93. The summed E-state index contributed by atoms with van der Waals surface area (Å²) in [5.74, 6) is 0. The minimum absolute atomic E-state index is 0.669. The van der Waals surface area contributed by atoms with Crippen molar-refractivity contribution in [3.63, 3.8) is 0 Å². The number of imidazole rings is 3. The van der Waals surface area contributed by atoms with Crippen LogP contribution in [-0.4, -0.2) is 68.8 Å². The molecule has 0 atom stereocenters. The maximum absolute atomic E-state index is 4.66. The van der Waals surface area contributed by atoms with Crippen molar-refractivity contribution in [1.82, 2.24) is 43.6 Å². The maximum atomic E-state index is 4.66. The summed E-state index contributed by atoms with van der Waals surface area (Å²) in [5, 5.41) is 1.05. The number of hydrogen-bond acceptors (Lipinski definition) is 9. The van der Waals surface area contributed by atoms with E-state index >= 15 is 0 Å². The van der Waals surface area contributed by atoms with Crippen LogP contribution in [0.3, 0.4) is 0 Å². The van der Waals surface area contributed by atoms with Crippen molar-refractivity contribution in [1.29, 1.82) is 0 Å². The van der Waals surface area contributed by atoms with Crippen LogP contribution in [0.15, 0.2) is 265 Å². The normalized spacial score (nSPS) is 11.5. The predicted octanol–water partition coefficient (Wildman–Crippen LogP) is 13.1. The van der Waals surface area contributed by atoms with Crippen LogP contribution in [0.25, 0.3) is 55.5 Å². The Kier molecular flexibility index (Phi) is 15.0. The minimum Gasteiger partial charge on any atom is -0.334 e. The lowest BCUT2D eigenvalue weighted by atomic mass is 10.1. The third-order valence-corrected chi connectivity index (χ3v) is 11.7. The van der Waals surface area contributed by atoms with Gasteiger partial charge in [0, 0.05) is 85.3 Å². The summed E-state index contributed by atoms with van der Waals surface area (Å²) >= 11 is 0. The third-order valence-electron chi connectivity index (χ3n) is 11.7. The monoisotopic (exact) mass is 948 g/mol.